The summed E-state index contributed by atoms with van der Waals surface area (Å²) in [5.74, 6) is -1.15. The van der Waals surface area contributed by atoms with Crippen LogP contribution in [0.4, 0.5) is 5.69 Å². The lowest BCUT2D eigenvalue weighted by atomic mass is 9.85. The summed E-state index contributed by atoms with van der Waals surface area (Å²) in [6, 6.07) is 8.45. The number of hydrogen-bond acceptors (Lipinski definition) is 5. The van der Waals surface area contributed by atoms with Gasteiger partial charge in [-0.05, 0) is 48.9 Å². The van der Waals surface area contributed by atoms with E-state index in [9.17, 15) is 14.4 Å². The lowest BCUT2D eigenvalue weighted by Gasteiger charge is -2.50. The maximum Gasteiger partial charge on any atom is 0.264 e. The van der Waals surface area contributed by atoms with Crippen LogP contribution in [0.25, 0.3) is 0 Å². The van der Waals surface area contributed by atoms with Crippen LogP contribution in [0, 0.1) is 6.92 Å². The van der Waals surface area contributed by atoms with E-state index in [0.717, 1.165) is 14.9 Å². The SMILES string of the molecule is COc1ccc(OC)c(C2C(N3C(=O)c4c(Cl)c(Cl)c(Cl)c(Cl)c4C3=O)C(=O)N2c2ccc(Br)c(C)c2)c1. The van der Waals surface area contributed by atoms with Crippen LogP contribution < -0.4 is 14.4 Å². The molecule has 2 unspecified atom stereocenters. The average Bonchev–Trinajstić information content (AvgIpc) is 3.16. The molecule has 0 N–H and O–H groups in total. The molecule has 38 heavy (non-hydrogen) atoms. The molecule has 2 aliphatic heterocycles. The first-order valence-electron chi connectivity index (χ1n) is 11.1. The van der Waals surface area contributed by atoms with Crippen molar-refractivity contribution in [1.29, 1.82) is 0 Å². The van der Waals surface area contributed by atoms with Gasteiger partial charge in [-0.1, -0.05) is 62.3 Å². The quantitative estimate of drug-likeness (QED) is 0.126. The number of anilines is 1. The summed E-state index contributed by atoms with van der Waals surface area (Å²) in [4.78, 5) is 43.5. The molecule has 5 rings (SSSR count). The van der Waals surface area contributed by atoms with Gasteiger partial charge in [-0.3, -0.25) is 19.3 Å². The number of rotatable bonds is 5. The zero-order valence-electron chi connectivity index (χ0n) is 19.9. The summed E-state index contributed by atoms with van der Waals surface area (Å²) in [5.41, 5.74) is 1.59. The predicted molar refractivity (Wildman–Crippen MR) is 149 cm³/mol. The van der Waals surface area contributed by atoms with Crippen molar-refractivity contribution in [3.8, 4) is 11.5 Å². The lowest BCUT2D eigenvalue weighted by Crippen LogP contribution is -2.67. The number of nitrogens with zero attached hydrogens (tertiary/aromatic N) is 2. The Hall–Kier alpha value is -2.49. The molecule has 196 valence electrons. The van der Waals surface area contributed by atoms with Crippen LogP contribution >= 0.6 is 62.3 Å². The summed E-state index contributed by atoms with van der Waals surface area (Å²) in [6.07, 6.45) is 0. The van der Waals surface area contributed by atoms with Gasteiger partial charge in [0, 0.05) is 15.7 Å². The minimum atomic E-state index is -1.24. The highest BCUT2D eigenvalue weighted by molar-refractivity contribution is 9.10. The fourth-order valence-electron chi connectivity index (χ4n) is 4.79. The molecular weight excluding hydrogens is 642 g/mol. The van der Waals surface area contributed by atoms with E-state index < -0.39 is 29.8 Å². The first-order chi connectivity index (χ1) is 18.0. The number of halogens is 5. The third-order valence-electron chi connectivity index (χ3n) is 6.65. The molecule has 3 aromatic rings. The van der Waals surface area contributed by atoms with Gasteiger partial charge in [0.25, 0.3) is 17.7 Å². The minimum Gasteiger partial charge on any atom is -0.497 e. The van der Waals surface area contributed by atoms with E-state index in [1.54, 1.807) is 24.3 Å². The topological polar surface area (TPSA) is 76.1 Å². The summed E-state index contributed by atoms with van der Waals surface area (Å²) in [5, 5.41) is -0.727. The van der Waals surface area contributed by atoms with E-state index in [1.165, 1.54) is 19.1 Å². The molecule has 0 saturated carbocycles. The maximum absolute atomic E-state index is 13.8. The fourth-order valence-corrected chi connectivity index (χ4v) is 6.05. The Kier molecular flexibility index (Phi) is 7.07. The van der Waals surface area contributed by atoms with E-state index in [-0.39, 0.29) is 31.2 Å². The minimum absolute atomic E-state index is 0.155. The smallest absolute Gasteiger partial charge is 0.264 e. The summed E-state index contributed by atoms with van der Waals surface area (Å²) < 4.78 is 11.9. The Labute approximate surface area is 246 Å². The molecule has 2 aliphatic rings. The largest absolute Gasteiger partial charge is 0.497 e. The van der Waals surface area contributed by atoms with Gasteiger partial charge in [0.2, 0.25) is 0 Å². The van der Waals surface area contributed by atoms with E-state index in [1.807, 2.05) is 19.1 Å². The molecule has 3 aromatic carbocycles. The van der Waals surface area contributed by atoms with Crippen LogP contribution in [-0.4, -0.2) is 42.9 Å². The molecule has 3 amide bonds. The van der Waals surface area contributed by atoms with Crippen LogP contribution in [0.5, 0.6) is 11.5 Å². The number of imide groups is 1. The molecule has 1 saturated heterocycles. The van der Waals surface area contributed by atoms with E-state index in [0.29, 0.717) is 22.7 Å². The second kappa shape index (κ2) is 9.92. The van der Waals surface area contributed by atoms with Gasteiger partial charge >= 0.3 is 0 Å². The second-order valence-electron chi connectivity index (χ2n) is 8.63. The van der Waals surface area contributed by atoms with Gasteiger partial charge in [0.05, 0.1) is 51.5 Å². The zero-order valence-corrected chi connectivity index (χ0v) is 24.6. The average molecular weight is 659 g/mol. The van der Waals surface area contributed by atoms with Crippen LogP contribution in [0.2, 0.25) is 20.1 Å². The molecule has 0 aliphatic carbocycles. The molecule has 0 aromatic heterocycles. The number of methoxy groups -OCH3 is 2. The highest BCUT2D eigenvalue weighted by atomic mass is 79.9. The monoisotopic (exact) mass is 656 g/mol. The van der Waals surface area contributed by atoms with Gasteiger partial charge in [-0.15, -0.1) is 0 Å². The van der Waals surface area contributed by atoms with Crippen molar-refractivity contribution in [1.82, 2.24) is 4.90 Å². The fraction of sp³-hybridized carbons (Fsp3) is 0.192. The lowest BCUT2D eigenvalue weighted by molar-refractivity contribution is -0.130. The second-order valence-corrected chi connectivity index (χ2v) is 11.0. The number of fused-ring (bicyclic) bond motifs is 1. The van der Waals surface area contributed by atoms with E-state index in [2.05, 4.69) is 15.9 Å². The van der Waals surface area contributed by atoms with Gasteiger partial charge in [0.1, 0.15) is 17.5 Å². The predicted octanol–water partition coefficient (Wildman–Crippen LogP) is 7.14. The van der Waals surface area contributed by atoms with Crippen LogP contribution in [0.1, 0.15) is 37.9 Å². The first-order valence-corrected chi connectivity index (χ1v) is 13.4. The van der Waals surface area contributed by atoms with Crippen molar-refractivity contribution in [2.45, 2.75) is 19.0 Å². The van der Waals surface area contributed by atoms with Crippen molar-refractivity contribution in [3.63, 3.8) is 0 Å². The summed E-state index contributed by atoms with van der Waals surface area (Å²) in [6.45, 7) is 1.89. The zero-order chi connectivity index (χ0) is 27.6. The molecule has 7 nitrogen and oxygen atoms in total. The number of benzene rings is 3. The van der Waals surface area contributed by atoms with Crippen molar-refractivity contribution < 1.29 is 23.9 Å². The molecule has 1 fully saturated rings. The number of hydrogen-bond donors (Lipinski definition) is 0. The summed E-state index contributed by atoms with van der Waals surface area (Å²) in [7, 11) is 2.99. The number of carbonyl (C=O) groups excluding carboxylic acids is 3. The van der Waals surface area contributed by atoms with Crippen LogP contribution in [0.3, 0.4) is 0 Å². The molecule has 0 radical (unpaired) electrons. The van der Waals surface area contributed by atoms with Crippen molar-refractivity contribution in [3.05, 3.63) is 83.2 Å². The molecule has 12 heteroatoms. The Morgan fingerprint density at radius 2 is 1.37 bits per heavy atom. The maximum atomic E-state index is 13.8. The molecule has 2 heterocycles. The molecular formula is C26H17BrCl4N2O5. The molecule has 0 bridgehead atoms. The summed E-state index contributed by atoms with van der Waals surface area (Å²) >= 11 is 28.5. The Morgan fingerprint density at radius 3 is 1.89 bits per heavy atom. The van der Waals surface area contributed by atoms with Gasteiger partial charge in [-0.2, -0.15) is 0 Å². The van der Waals surface area contributed by atoms with Crippen molar-refractivity contribution in [2.75, 3.05) is 19.1 Å². The number of aryl methyl sites for hydroxylation is 1. The van der Waals surface area contributed by atoms with Crippen LogP contribution in [-0.2, 0) is 4.79 Å². The van der Waals surface area contributed by atoms with Gasteiger partial charge in [-0.25, -0.2) is 0 Å². The highest BCUT2D eigenvalue weighted by Gasteiger charge is 2.59. The normalized spacial score (nSPS) is 18.6. The Bertz CT molecular complexity index is 1520. The van der Waals surface area contributed by atoms with Gasteiger partial charge < -0.3 is 14.4 Å². The van der Waals surface area contributed by atoms with Crippen molar-refractivity contribution in [2.24, 2.45) is 0 Å². The van der Waals surface area contributed by atoms with E-state index in [4.69, 9.17) is 55.9 Å². The number of β-lactam (4-membered cyclic amide) rings is 1. The van der Waals surface area contributed by atoms with Crippen molar-refractivity contribution >= 4 is 85.7 Å². The Balaban J connectivity index is 1.69. The standard InChI is InChI=1S/C26H17BrCl4N2O5/c1-10-8-11(4-6-14(10)27)32-22(13-9-12(37-2)5-7-15(13)38-3)23(26(32)36)33-24(34)16-17(25(33)35)19(29)21(31)20(30)18(16)28/h4-9,22-23H,1-3H3. The third kappa shape index (κ3) is 3.88. The van der Waals surface area contributed by atoms with Crippen LogP contribution in [0.15, 0.2) is 40.9 Å². The first kappa shape index (κ1) is 27.1. The Morgan fingerprint density at radius 1 is 0.763 bits per heavy atom. The molecule has 2 atom stereocenters. The number of ether oxygens (including phenoxy) is 2. The van der Waals surface area contributed by atoms with Gasteiger partial charge in [0.15, 0.2) is 0 Å². The number of carbonyl (C=O) groups is 3. The highest BCUT2D eigenvalue weighted by Crippen LogP contribution is 2.51. The number of amides is 3. The molecule has 0 spiro atoms. The third-order valence-corrected chi connectivity index (χ3v) is 9.35. The van der Waals surface area contributed by atoms with E-state index >= 15 is 0 Å².